The molecule has 1 fully saturated rings. The Balaban J connectivity index is 2.54. The van der Waals surface area contributed by atoms with Gasteiger partial charge in [-0.3, -0.25) is 0 Å². The number of hydrogen-bond donors (Lipinski definition) is 1. The van der Waals surface area contributed by atoms with E-state index >= 15 is 0 Å². The van der Waals surface area contributed by atoms with Crippen molar-refractivity contribution >= 4 is 10.0 Å². The summed E-state index contributed by atoms with van der Waals surface area (Å²) in [5, 5.41) is 3.12. The molecular formula is C8H18N2O3S. The maximum Gasteiger partial charge on any atom is 0.216 e. The van der Waals surface area contributed by atoms with Gasteiger partial charge in [-0.2, -0.15) is 4.31 Å². The zero-order valence-electron chi connectivity index (χ0n) is 8.69. The van der Waals surface area contributed by atoms with Crippen LogP contribution in [-0.4, -0.2) is 57.9 Å². The highest BCUT2D eigenvalue weighted by molar-refractivity contribution is 7.89. The van der Waals surface area contributed by atoms with Gasteiger partial charge in [-0.1, -0.05) is 0 Å². The Hall–Kier alpha value is -0.170. The summed E-state index contributed by atoms with van der Waals surface area (Å²) in [5.41, 5.74) is 0. The first-order valence-corrected chi connectivity index (χ1v) is 6.38. The molecule has 0 aliphatic carbocycles. The third kappa shape index (κ3) is 3.20. The van der Waals surface area contributed by atoms with Crippen molar-refractivity contribution in [3.63, 3.8) is 0 Å². The van der Waals surface area contributed by atoms with Gasteiger partial charge in [0.1, 0.15) is 0 Å². The molecule has 1 atom stereocenters. The molecule has 0 spiro atoms. The lowest BCUT2D eigenvalue weighted by Gasteiger charge is -2.27. The van der Waals surface area contributed by atoms with Gasteiger partial charge in [-0.25, -0.2) is 8.42 Å². The third-order valence-electron chi connectivity index (χ3n) is 2.32. The Labute approximate surface area is 85.5 Å². The lowest BCUT2D eigenvalue weighted by atomic mass is 10.4. The highest BCUT2D eigenvalue weighted by Gasteiger charge is 2.25. The van der Waals surface area contributed by atoms with Crippen molar-refractivity contribution in [2.45, 2.75) is 13.0 Å². The molecule has 0 bridgehead atoms. The van der Waals surface area contributed by atoms with Crippen LogP contribution in [0.25, 0.3) is 0 Å². The van der Waals surface area contributed by atoms with Crippen molar-refractivity contribution in [2.75, 3.05) is 39.0 Å². The van der Waals surface area contributed by atoms with E-state index in [-0.39, 0.29) is 11.9 Å². The Morgan fingerprint density at radius 2 is 2.00 bits per heavy atom. The first-order valence-electron chi connectivity index (χ1n) is 4.77. The number of rotatable bonds is 4. The van der Waals surface area contributed by atoms with Crippen LogP contribution in [-0.2, 0) is 14.8 Å². The molecule has 84 valence electrons. The predicted molar refractivity (Wildman–Crippen MR) is 54.7 cm³/mol. The Bertz CT molecular complexity index is 260. The molecule has 1 saturated heterocycles. The molecule has 1 unspecified atom stereocenters. The fourth-order valence-corrected chi connectivity index (χ4v) is 3.07. The molecule has 1 heterocycles. The summed E-state index contributed by atoms with van der Waals surface area (Å²) in [6.45, 7) is 4.37. The molecule has 14 heavy (non-hydrogen) atoms. The van der Waals surface area contributed by atoms with Crippen molar-refractivity contribution in [1.82, 2.24) is 9.62 Å². The summed E-state index contributed by atoms with van der Waals surface area (Å²) in [6, 6.07) is 0. The van der Waals surface area contributed by atoms with E-state index < -0.39 is 10.0 Å². The lowest BCUT2D eigenvalue weighted by molar-refractivity contribution is 0.135. The van der Waals surface area contributed by atoms with Gasteiger partial charge in [0, 0.05) is 33.3 Å². The first kappa shape index (κ1) is 11.9. The first-order chi connectivity index (χ1) is 6.56. The van der Waals surface area contributed by atoms with E-state index in [1.165, 1.54) is 11.4 Å². The van der Waals surface area contributed by atoms with Crippen molar-refractivity contribution in [3.05, 3.63) is 0 Å². The SMILES string of the molecule is COC(C)CS(=O)(=O)N1CCNCC1. The summed E-state index contributed by atoms with van der Waals surface area (Å²) in [6.07, 6.45) is -0.241. The average Bonchev–Trinajstić information content (AvgIpc) is 2.18. The minimum absolute atomic E-state index is 0.0729. The molecule has 0 aromatic carbocycles. The molecule has 0 aromatic heterocycles. The molecule has 0 aromatic rings. The van der Waals surface area contributed by atoms with Crippen molar-refractivity contribution in [2.24, 2.45) is 0 Å². The Morgan fingerprint density at radius 1 is 1.43 bits per heavy atom. The van der Waals surface area contributed by atoms with Gasteiger partial charge in [-0.15, -0.1) is 0 Å². The summed E-state index contributed by atoms with van der Waals surface area (Å²) in [5.74, 6) is 0.0729. The number of nitrogens with zero attached hydrogens (tertiary/aromatic N) is 1. The van der Waals surface area contributed by atoms with Crippen LogP contribution in [0, 0.1) is 0 Å². The summed E-state index contributed by atoms with van der Waals surface area (Å²) >= 11 is 0. The normalized spacial score (nSPS) is 22.1. The van der Waals surface area contributed by atoms with E-state index in [2.05, 4.69) is 5.32 Å². The molecule has 0 amide bonds. The second-order valence-electron chi connectivity index (χ2n) is 3.47. The Morgan fingerprint density at radius 3 is 2.50 bits per heavy atom. The zero-order valence-corrected chi connectivity index (χ0v) is 9.51. The predicted octanol–water partition coefficient (Wildman–Crippen LogP) is -0.744. The van der Waals surface area contributed by atoms with Crippen LogP contribution in [0.1, 0.15) is 6.92 Å². The van der Waals surface area contributed by atoms with Gasteiger partial charge in [0.05, 0.1) is 11.9 Å². The van der Waals surface area contributed by atoms with E-state index in [1.54, 1.807) is 6.92 Å². The van der Waals surface area contributed by atoms with Crippen LogP contribution in [0.2, 0.25) is 0 Å². The maximum atomic E-state index is 11.8. The maximum absolute atomic E-state index is 11.8. The van der Waals surface area contributed by atoms with Gasteiger partial charge in [0.25, 0.3) is 0 Å². The minimum Gasteiger partial charge on any atom is -0.381 e. The van der Waals surface area contributed by atoms with Crippen LogP contribution < -0.4 is 5.32 Å². The molecule has 0 radical (unpaired) electrons. The number of nitrogens with one attached hydrogen (secondary N) is 1. The van der Waals surface area contributed by atoms with Gasteiger partial charge in [0.2, 0.25) is 10.0 Å². The average molecular weight is 222 g/mol. The van der Waals surface area contributed by atoms with E-state index in [9.17, 15) is 8.42 Å². The molecule has 0 saturated carbocycles. The highest BCUT2D eigenvalue weighted by atomic mass is 32.2. The molecule has 1 aliphatic heterocycles. The summed E-state index contributed by atoms with van der Waals surface area (Å²) < 4.78 is 30.0. The summed E-state index contributed by atoms with van der Waals surface area (Å²) in [4.78, 5) is 0. The zero-order chi connectivity index (χ0) is 10.6. The third-order valence-corrected chi connectivity index (χ3v) is 4.36. The number of hydrogen-bond acceptors (Lipinski definition) is 4. The standard InChI is InChI=1S/C8H18N2O3S/c1-8(13-2)7-14(11,12)10-5-3-9-4-6-10/h8-9H,3-7H2,1-2H3. The topological polar surface area (TPSA) is 58.6 Å². The molecule has 1 aliphatic rings. The fraction of sp³-hybridized carbons (Fsp3) is 1.00. The second kappa shape index (κ2) is 5.06. The Kier molecular flexibility index (Phi) is 4.31. The highest BCUT2D eigenvalue weighted by Crippen LogP contribution is 2.06. The lowest BCUT2D eigenvalue weighted by Crippen LogP contribution is -2.48. The van der Waals surface area contributed by atoms with Crippen LogP contribution in [0.4, 0.5) is 0 Å². The molecule has 1 N–H and O–H groups in total. The van der Waals surface area contributed by atoms with Crippen LogP contribution >= 0.6 is 0 Å². The quantitative estimate of drug-likeness (QED) is 0.680. The van der Waals surface area contributed by atoms with Crippen molar-refractivity contribution in [3.8, 4) is 0 Å². The monoisotopic (exact) mass is 222 g/mol. The van der Waals surface area contributed by atoms with Crippen molar-refractivity contribution < 1.29 is 13.2 Å². The molecule has 6 heteroatoms. The number of sulfonamides is 1. The molecule has 1 rings (SSSR count). The number of ether oxygens (including phenoxy) is 1. The van der Waals surface area contributed by atoms with Gasteiger partial charge < -0.3 is 10.1 Å². The van der Waals surface area contributed by atoms with Crippen molar-refractivity contribution in [1.29, 1.82) is 0 Å². The number of piperazine rings is 1. The largest absolute Gasteiger partial charge is 0.381 e. The number of methoxy groups -OCH3 is 1. The summed E-state index contributed by atoms with van der Waals surface area (Å²) in [7, 11) is -1.60. The van der Waals surface area contributed by atoms with E-state index in [0.717, 1.165) is 13.1 Å². The van der Waals surface area contributed by atoms with E-state index in [1.807, 2.05) is 0 Å². The molecular weight excluding hydrogens is 204 g/mol. The van der Waals surface area contributed by atoms with E-state index in [4.69, 9.17) is 4.74 Å². The van der Waals surface area contributed by atoms with Gasteiger partial charge in [0.15, 0.2) is 0 Å². The second-order valence-corrected chi connectivity index (χ2v) is 5.49. The van der Waals surface area contributed by atoms with Crippen LogP contribution in [0.5, 0.6) is 0 Å². The fourth-order valence-electron chi connectivity index (χ4n) is 1.39. The van der Waals surface area contributed by atoms with Gasteiger partial charge in [-0.05, 0) is 6.92 Å². The minimum atomic E-state index is -3.13. The van der Waals surface area contributed by atoms with Gasteiger partial charge >= 0.3 is 0 Å². The smallest absolute Gasteiger partial charge is 0.216 e. The molecule has 5 nitrogen and oxygen atoms in total. The van der Waals surface area contributed by atoms with E-state index in [0.29, 0.717) is 13.1 Å². The van der Waals surface area contributed by atoms with Crippen LogP contribution in [0.15, 0.2) is 0 Å². The van der Waals surface area contributed by atoms with Crippen LogP contribution in [0.3, 0.4) is 0 Å².